The maximum absolute atomic E-state index is 6.20. The molecular formula is C17H18ClNO2. The average molecular weight is 304 g/mol. The van der Waals surface area contributed by atoms with Gasteiger partial charge >= 0.3 is 0 Å². The standard InChI is InChI=1S/C17H18ClNO2/c1-3-7-19-16(13-8-11(2)20-10-13)15-9-12-5-4-6-14(18)17(12)21-15/h4-6,8-10,16,19H,3,7H2,1-2H3. The topological polar surface area (TPSA) is 38.3 Å². The van der Waals surface area contributed by atoms with Gasteiger partial charge < -0.3 is 14.2 Å². The summed E-state index contributed by atoms with van der Waals surface area (Å²) < 4.78 is 11.4. The number of benzene rings is 1. The van der Waals surface area contributed by atoms with Gasteiger partial charge in [-0.25, -0.2) is 0 Å². The monoisotopic (exact) mass is 303 g/mol. The molecule has 3 rings (SSSR count). The molecule has 0 radical (unpaired) electrons. The van der Waals surface area contributed by atoms with Gasteiger partial charge in [0.05, 0.1) is 17.3 Å². The third kappa shape index (κ3) is 2.85. The van der Waals surface area contributed by atoms with E-state index < -0.39 is 0 Å². The quantitative estimate of drug-likeness (QED) is 0.714. The van der Waals surface area contributed by atoms with E-state index in [1.165, 1.54) is 0 Å². The molecule has 21 heavy (non-hydrogen) atoms. The molecule has 1 atom stereocenters. The van der Waals surface area contributed by atoms with Gasteiger partial charge in [-0.15, -0.1) is 0 Å². The largest absolute Gasteiger partial charge is 0.469 e. The Bertz CT molecular complexity index is 744. The number of hydrogen-bond donors (Lipinski definition) is 1. The fraction of sp³-hybridized carbons (Fsp3) is 0.294. The van der Waals surface area contributed by atoms with Gasteiger partial charge in [0.1, 0.15) is 11.5 Å². The van der Waals surface area contributed by atoms with Crippen LogP contribution in [-0.2, 0) is 0 Å². The Balaban J connectivity index is 2.03. The lowest BCUT2D eigenvalue weighted by molar-refractivity contribution is 0.463. The third-order valence-corrected chi connectivity index (χ3v) is 3.78. The SMILES string of the molecule is CCCNC(c1coc(C)c1)c1cc2cccc(Cl)c2o1. The second-order valence-electron chi connectivity index (χ2n) is 5.18. The Labute approximate surface area is 128 Å². The van der Waals surface area contributed by atoms with Crippen LogP contribution in [0.5, 0.6) is 0 Å². The molecule has 1 unspecified atom stereocenters. The first kappa shape index (κ1) is 14.2. The lowest BCUT2D eigenvalue weighted by Crippen LogP contribution is -2.22. The number of fused-ring (bicyclic) bond motifs is 1. The first-order chi connectivity index (χ1) is 10.2. The van der Waals surface area contributed by atoms with Crippen molar-refractivity contribution in [1.29, 1.82) is 0 Å². The van der Waals surface area contributed by atoms with Crippen LogP contribution in [0.2, 0.25) is 5.02 Å². The third-order valence-electron chi connectivity index (χ3n) is 3.48. The second-order valence-corrected chi connectivity index (χ2v) is 5.59. The van der Waals surface area contributed by atoms with Crippen LogP contribution in [0.4, 0.5) is 0 Å². The minimum absolute atomic E-state index is 0.0223. The van der Waals surface area contributed by atoms with Crippen LogP contribution in [0.1, 0.15) is 36.5 Å². The zero-order chi connectivity index (χ0) is 14.8. The van der Waals surface area contributed by atoms with Gasteiger partial charge in [-0.1, -0.05) is 30.7 Å². The van der Waals surface area contributed by atoms with Gasteiger partial charge in [-0.2, -0.15) is 0 Å². The van der Waals surface area contributed by atoms with Crippen molar-refractivity contribution in [3.05, 3.63) is 58.7 Å². The van der Waals surface area contributed by atoms with Crippen molar-refractivity contribution < 1.29 is 8.83 Å². The second kappa shape index (κ2) is 5.96. The molecule has 0 spiro atoms. The van der Waals surface area contributed by atoms with Gasteiger partial charge in [0.2, 0.25) is 0 Å². The molecule has 1 aromatic carbocycles. The zero-order valence-corrected chi connectivity index (χ0v) is 12.9. The molecule has 0 amide bonds. The van der Waals surface area contributed by atoms with Crippen LogP contribution < -0.4 is 5.32 Å². The van der Waals surface area contributed by atoms with E-state index in [4.69, 9.17) is 20.4 Å². The van der Waals surface area contributed by atoms with Crippen LogP contribution in [0.3, 0.4) is 0 Å². The van der Waals surface area contributed by atoms with Gasteiger partial charge in [0, 0.05) is 10.9 Å². The minimum Gasteiger partial charge on any atom is -0.469 e. The van der Waals surface area contributed by atoms with Crippen molar-refractivity contribution in [2.45, 2.75) is 26.3 Å². The number of hydrogen-bond acceptors (Lipinski definition) is 3. The zero-order valence-electron chi connectivity index (χ0n) is 12.2. The van der Waals surface area contributed by atoms with Crippen LogP contribution >= 0.6 is 11.6 Å². The molecule has 0 saturated carbocycles. The Morgan fingerprint density at radius 1 is 1.29 bits per heavy atom. The van der Waals surface area contributed by atoms with E-state index in [1.807, 2.05) is 37.3 Å². The number of rotatable bonds is 5. The predicted octanol–water partition coefficient (Wildman–Crippen LogP) is 5.08. The Hall–Kier alpha value is -1.71. The molecule has 0 saturated heterocycles. The van der Waals surface area contributed by atoms with Crippen LogP contribution in [0.25, 0.3) is 11.0 Å². The lowest BCUT2D eigenvalue weighted by atomic mass is 10.1. The highest BCUT2D eigenvalue weighted by molar-refractivity contribution is 6.34. The summed E-state index contributed by atoms with van der Waals surface area (Å²) in [6.45, 7) is 4.98. The normalized spacial score (nSPS) is 12.9. The molecule has 110 valence electrons. The summed E-state index contributed by atoms with van der Waals surface area (Å²) in [7, 11) is 0. The minimum atomic E-state index is -0.0223. The van der Waals surface area contributed by atoms with Crippen molar-refractivity contribution in [3.8, 4) is 0 Å². The number of furan rings is 2. The summed E-state index contributed by atoms with van der Waals surface area (Å²) >= 11 is 6.20. The molecule has 0 aliphatic heterocycles. The Morgan fingerprint density at radius 2 is 2.14 bits per heavy atom. The highest BCUT2D eigenvalue weighted by Gasteiger charge is 2.20. The molecule has 0 fully saturated rings. The molecular weight excluding hydrogens is 286 g/mol. The lowest BCUT2D eigenvalue weighted by Gasteiger charge is -2.14. The molecule has 2 heterocycles. The fourth-order valence-electron chi connectivity index (χ4n) is 2.48. The first-order valence-electron chi connectivity index (χ1n) is 7.15. The molecule has 3 aromatic rings. The molecule has 2 aromatic heterocycles. The number of halogens is 1. The van der Waals surface area contributed by atoms with E-state index in [0.29, 0.717) is 5.02 Å². The summed E-state index contributed by atoms with van der Waals surface area (Å²) in [6.07, 6.45) is 2.83. The highest BCUT2D eigenvalue weighted by Crippen LogP contribution is 2.32. The summed E-state index contributed by atoms with van der Waals surface area (Å²) in [5, 5.41) is 5.15. The highest BCUT2D eigenvalue weighted by atomic mass is 35.5. The van der Waals surface area contributed by atoms with Crippen molar-refractivity contribution in [2.75, 3.05) is 6.54 Å². The Morgan fingerprint density at radius 3 is 2.81 bits per heavy atom. The van der Waals surface area contributed by atoms with Gasteiger partial charge in [0.25, 0.3) is 0 Å². The van der Waals surface area contributed by atoms with E-state index in [-0.39, 0.29) is 6.04 Å². The first-order valence-corrected chi connectivity index (χ1v) is 7.53. The van der Waals surface area contributed by atoms with E-state index in [1.54, 1.807) is 6.26 Å². The van der Waals surface area contributed by atoms with Crippen LogP contribution in [-0.4, -0.2) is 6.54 Å². The number of aryl methyl sites for hydroxylation is 1. The average Bonchev–Trinajstić information content (AvgIpc) is 3.07. The smallest absolute Gasteiger partial charge is 0.152 e. The van der Waals surface area contributed by atoms with Crippen molar-refractivity contribution in [1.82, 2.24) is 5.32 Å². The van der Waals surface area contributed by atoms with Crippen molar-refractivity contribution in [2.24, 2.45) is 0 Å². The molecule has 0 aliphatic carbocycles. The van der Waals surface area contributed by atoms with E-state index in [0.717, 1.165) is 41.0 Å². The summed E-state index contributed by atoms with van der Waals surface area (Å²) in [5.74, 6) is 1.75. The molecule has 4 heteroatoms. The molecule has 3 nitrogen and oxygen atoms in total. The van der Waals surface area contributed by atoms with Crippen molar-refractivity contribution in [3.63, 3.8) is 0 Å². The summed E-state index contributed by atoms with van der Waals surface area (Å²) in [4.78, 5) is 0. The van der Waals surface area contributed by atoms with Gasteiger partial charge in [-0.05, 0) is 38.1 Å². The van der Waals surface area contributed by atoms with Gasteiger partial charge in [0.15, 0.2) is 5.58 Å². The maximum atomic E-state index is 6.20. The van der Waals surface area contributed by atoms with Gasteiger partial charge in [-0.3, -0.25) is 0 Å². The van der Waals surface area contributed by atoms with E-state index >= 15 is 0 Å². The molecule has 1 N–H and O–H groups in total. The van der Waals surface area contributed by atoms with E-state index in [2.05, 4.69) is 12.2 Å². The van der Waals surface area contributed by atoms with Crippen molar-refractivity contribution >= 4 is 22.6 Å². The van der Waals surface area contributed by atoms with E-state index in [9.17, 15) is 0 Å². The maximum Gasteiger partial charge on any atom is 0.152 e. The van der Waals surface area contributed by atoms with Crippen LogP contribution in [0, 0.1) is 6.92 Å². The molecule has 0 aliphatic rings. The summed E-state index contributed by atoms with van der Waals surface area (Å²) in [5.41, 5.74) is 1.80. The fourth-order valence-corrected chi connectivity index (χ4v) is 2.70. The number of nitrogens with one attached hydrogen (secondary N) is 1. The summed E-state index contributed by atoms with van der Waals surface area (Å²) in [6, 6.07) is 9.82. The molecule has 0 bridgehead atoms. The van der Waals surface area contributed by atoms with Crippen LogP contribution in [0.15, 0.2) is 45.4 Å². The Kier molecular flexibility index (Phi) is 4.04. The number of para-hydroxylation sites is 1. The predicted molar refractivity (Wildman–Crippen MR) is 84.8 cm³/mol.